The minimum absolute atomic E-state index is 0.140. The quantitative estimate of drug-likeness (QED) is 0.785. The van der Waals surface area contributed by atoms with E-state index in [1.807, 2.05) is 6.07 Å². The van der Waals surface area contributed by atoms with Crippen LogP contribution < -0.4 is 4.74 Å². The van der Waals surface area contributed by atoms with Gasteiger partial charge in [-0.1, -0.05) is 13.3 Å². The number of nitrogens with one attached hydrogen (secondary N) is 1. The molecular weight excluding hydrogens is 218 g/mol. The van der Waals surface area contributed by atoms with E-state index in [9.17, 15) is 0 Å². The Kier molecular flexibility index (Phi) is 3.06. The van der Waals surface area contributed by atoms with E-state index in [1.54, 1.807) is 11.3 Å². The molecule has 0 saturated heterocycles. The molecule has 2 heterocycles. The second-order valence-electron chi connectivity index (χ2n) is 5.04. The van der Waals surface area contributed by atoms with Crippen LogP contribution in [0.4, 0.5) is 0 Å². The zero-order chi connectivity index (χ0) is 11.8. The first-order valence-electron chi connectivity index (χ1n) is 5.87. The maximum Gasteiger partial charge on any atom is 0.134 e. The van der Waals surface area contributed by atoms with Crippen molar-refractivity contribution in [3.8, 4) is 5.75 Å². The summed E-state index contributed by atoms with van der Waals surface area (Å²) in [5.41, 5.74) is 0.723. The van der Waals surface area contributed by atoms with Gasteiger partial charge in [0.05, 0.1) is 4.88 Å². The van der Waals surface area contributed by atoms with E-state index in [0.29, 0.717) is 0 Å². The Morgan fingerprint density at radius 1 is 1.62 bits per heavy atom. The number of hydrogen-bond acceptors (Lipinski definition) is 3. The van der Waals surface area contributed by atoms with Crippen molar-refractivity contribution in [2.24, 2.45) is 0 Å². The molecule has 3 heteroatoms. The molecule has 1 aliphatic rings. The summed E-state index contributed by atoms with van der Waals surface area (Å²) in [6.45, 7) is 6.36. The van der Waals surface area contributed by atoms with Crippen molar-refractivity contribution in [1.29, 1.82) is 5.41 Å². The van der Waals surface area contributed by atoms with E-state index in [0.717, 1.165) is 30.7 Å². The maximum absolute atomic E-state index is 8.18. The monoisotopic (exact) mass is 237 g/mol. The predicted octanol–water partition coefficient (Wildman–Crippen LogP) is 4.21. The zero-order valence-corrected chi connectivity index (χ0v) is 11.0. The molecule has 2 rings (SSSR count). The highest BCUT2D eigenvalue weighted by Gasteiger charge is 2.36. The minimum Gasteiger partial charge on any atom is -0.487 e. The van der Waals surface area contributed by atoms with Crippen molar-refractivity contribution in [3.05, 3.63) is 16.3 Å². The summed E-state index contributed by atoms with van der Waals surface area (Å²) >= 11 is 1.72. The third-order valence-electron chi connectivity index (χ3n) is 3.00. The number of fused-ring (bicyclic) bond motifs is 1. The van der Waals surface area contributed by atoms with Crippen LogP contribution in [0.25, 0.3) is 0 Å². The van der Waals surface area contributed by atoms with Gasteiger partial charge in [0.15, 0.2) is 0 Å². The third-order valence-corrected chi connectivity index (χ3v) is 4.01. The van der Waals surface area contributed by atoms with Gasteiger partial charge in [-0.25, -0.2) is 0 Å². The molecule has 2 nitrogen and oxygen atoms in total. The van der Waals surface area contributed by atoms with Gasteiger partial charge in [0.25, 0.3) is 0 Å². The molecule has 1 N–H and O–H groups in total. The molecule has 0 bridgehead atoms. The summed E-state index contributed by atoms with van der Waals surface area (Å²) < 4.78 is 5.93. The Morgan fingerprint density at radius 2 is 2.38 bits per heavy atom. The number of hydrogen-bond donors (Lipinski definition) is 1. The summed E-state index contributed by atoms with van der Waals surface area (Å²) in [5.74, 6) is 1.27. The fraction of sp³-hybridized carbons (Fsp3) is 0.615. The lowest BCUT2D eigenvalue weighted by molar-refractivity contribution is 0.0822. The Morgan fingerprint density at radius 3 is 3.06 bits per heavy atom. The Hall–Kier alpha value is -0.830. The summed E-state index contributed by atoms with van der Waals surface area (Å²) in [5, 5.41) is 10.2. The fourth-order valence-corrected chi connectivity index (χ4v) is 3.25. The lowest BCUT2D eigenvalue weighted by Gasteiger charge is -2.36. The molecule has 0 spiro atoms. The first-order chi connectivity index (χ1) is 7.53. The van der Waals surface area contributed by atoms with E-state index in [-0.39, 0.29) is 11.5 Å². The highest BCUT2D eigenvalue weighted by molar-refractivity contribution is 7.10. The second-order valence-corrected chi connectivity index (χ2v) is 5.99. The average molecular weight is 237 g/mol. The van der Waals surface area contributed by atoms with E-state index < -0.39 is 0 Å². The first-order valence-corrected chi connectivity index (χ1v) is 6.75. The zero-order valence-electron chi connectivity index (χ0n) is 10.2. The Balaban J connectivity index is 2.30. The van der Waals surface area contributed by atoms with Gasteiger partial charge in [-0.05, 0) is 38.1 Å². The minimum atomic E-state index is -0.140. The highest BCUT2D eigenvalue weighted by Crippen LogP contribution is 2.44. The lowest BCUT2D eigenvalue weighted by Crippen LogP contribution is -2.36. The lowest BCUT2D eigenvalue weighted by atomic mass is 9.84. The second kappa shape index (κ2) is 4.21. The van der Waals surface area contributed by atoms with Crippen molar-refractivity contribution in [2.75, 3.05) is 0 Å². The Labute approximate surface area is 101 Å². The molecule has 0 fully saturated rings. The van der Waals surface area contributed by atoms with Gasteiger partial charge in [0.2, 0.25) is 0 Å². The molecule has 16 heavy (non-hydrogen) atoms. The average Bonchev–Trinajstić information content (AvgIpc) is 2.62. The van der Waals surface area contributed by atoms with Crippen LogP contribution in [0.15, 0.2) is 11.4 Å². The molecule has 0 aromatic carbocycles. The van der Waals surface area contributed by atoms with Gasteiger partial charge in [0.1, 0.15) is 11.4 Å². The van der Waals surface area contributed by atoms with Crippen LogP contribution in [-0.2, 0) is 0 Å². The summed E-state index contributed by atoms with van der Waals surface area (Å²) in [6, 6.07) is 2.03. The molecule has 0 aliphatic carbocycles. The van der Waals surface area contributed by atoms with Gasteiger partial charge in [-0.2, -0.15) is 0 Å². The number of ether oxygens (including phenoxy) is 1. The van der Waals surface area contributed by atoms with E-state index in [2.05, 4.69) is 26.2 Å². The van der Waals surface area contributed by atoms with Crippen LogP contribution in [0.2, 0.25) is 0 Å². The Bertz CT molecular complexity index is 394. The molecule has 88 valence electrons. The summed E-state index contributed by atoms with van der Waals surface area (Å²) in [7, 11) is 0. The van der Waals surface area contributed by atoms with Gasteiger partial charge in [-0.3, -0.25) is 0 Å². The molecule has 1 aromatic heterocycles. The van der Waals surface area contributed by atoms with Gasteiger partial charge in [-0.15, -0.1) is 11.3 Å². The smallest absolute Gasteiger partial charge is 0.134 e. The van der Waals surface area contributed by atoms with Crippen LogP contribution in [0, 0.1) is 5.41 Å². The largest absolute Gasteiger partial charge is 0.487 e. The van der Waals surface area contributed by atoms with Crippen molar-refractivity contribution >= 4 is 17.0 Å². The SMILES string of the molecule is CCCC(=N)C1CC(C)(C)Oc2ccsc21. The standard InChI is InChI=1S/C13H19NOS/c1-4-5-10(14)9-8-13(2,3)15-11-6-7-16-12(9)11/h6-7,9,14H,4-5,8H2,1-3H3. The molecule has 0 amide bonds. The topological polar surface area (TPSA) is 33.1 Å². The maximum atomic E-state index is 8.18. The molecule has 1 aliphatic heterocycles. The molecule has 1 atom stereocenters. The van der Waals surface area contributed by atoms with Crippen molar-refractivity contribution in [3.63, 3.8) is 0 Å². The molecule has 0 saturated carbocycles. The number of thiophene rings is 1. The van der Waals surface area contributed by atoms with Gasteiger partial charge >= 0.3 is 0 Å². The van der Waals surface area contributed by atoms with E-state index in [4.69, 9.17) is 10.1 Å². The first kappa shape index (κ1) is 11.6. The predicted molar refractivity (Wildman–Crippen MR) is 69.0 cm³/mol. The third kappa shape index (κ3) is 2.14. The summed E-state index contributed by atoms with van der Waals surface area (Å²) in [4.78, 5) is 1.25. The van der Waals surface area contributed by atoms with Crippen LogP contribution in [0.1, 0.15) is 50.8 Å². The molecule has 0 radical (unpaired) electrons. The molecule has 1 aromatic rings. The van der Waals surface area contributed by atoms with Crippen molar-refractivity contribution in [1.82, 2.24) is 0 Å². The van der Waals surface area contributed by atoms with Crippen molar-refractivity contribution in [2.45, 2.75) is 51.6 Å². The molecule has 1 unspecified atom stereocenters. The van der Waals surface area contributed by atoms with Crippen LogP contribution in [0.5, 0.6) is 5.75 Å². The normalized spacial score (nSPS) is 22.3. The number of rotatable bonds is 3. The van der Waals surface area contributed by atoms with Crippen LogP contribution in [0.3, 0.4) is 0 Å². The van der Waals surface area contributed by atoms with Gasteiger partial charge < -0.3 is 10.1 Å². The van der Waals surface area contributed by atoms with Crippen molar-refractivity contribution < 1.29 is 4.74 Å². The van der Waals surface area contributed by atoms with Gasteiger partial charge in [0, 0.05) is 11.6 Å². The van der Waals surface area contributed by atoms with Crippen LogP contribution in [-0.4, -0.2) is 11.3 Å². The summed E-state index contributed by atoms with van der Waals surface area (Å²) in [6.07, 6.45) is 2.88. The van der Waals surface area contributed by atoms with E-state index >= 15 is 0 Å². The van der Waals surface area contributed by atoms with E-state index in [1.165, 1.54) is 4.88 Å². The fourth-order valence-electron chi connectivity index (χ4n) is 2.30. The van der Waals surface area contributed by atoms with Crippen LogP contribution >= 0.6 is 11.3 Å². The molecular formula is C13H19NOS. The highest BCUT2D eigenvalue weighted by atomic mass is 32.1.